The van der Waals surface area contributed by atoms with Gasteiger partial charge in [-0.25, -0.2) is 9.57 Å². The van der Waals surface area contributed by atoms with E-state index in [1.54, 1.807) is 0 Å². The van der Waals surface area contributed by atoms with Gasteiger partial charge in [0.25, 0.3) is 0 Å². The van der Waals surface area contributed by atoms with Crippen LogP contribution in [-0.4, -0.2) is 32.2 Å². The number of anilines is 1. The van der Waals surface area contributed by atoms with Crippen LogP contribution in [0.5, 0.6) is 0 Å². The normalized spacial score (nSPS) is 20.0. The number of hydrogen-bond donors (Lipinski definition) is 2. The van der Waals surface area contributed by atoms with Crippen molar-refractivity contribution in [2.24, 2.45) is 4.99 Å². The smallest absolute Gasteiger partial charge is 0.303 e. The molecule has 0 spiro atoms. The fourth-order valence-electron chi connectivity index (χ4n) is 4.79. The Labute approximate surface area is 166 Å². The van der Waals surface area contributed by atoms with Crippen LogP contribution >= 0.6 is 0 Å². The van der Waals surface area contributed by atoms with E-state index in [4.69, 9.17) is 15.8 Å². The van der Waals surface area contributed by atoms with Crippen LogP contribution < -0.4 is 31.4 Å². The van der Waals surface area contributed by atoms with Crippen molar-refractivity contribution >= 4 is 35.8 Å². The van der Waals surface area contributed by atoms with Gasteiger partial charge >= 0.3 is 5.97 Å². The Morgan fingerprint density at radius 3 is 2.86 bits per heavy atom. The second-order valence-electron chi connectivity index (χ2n) is 8.15. The summed E-state index contributed by atoms with van der Waals surface area (Å²) in [5, 5.41) is 14.1. The van der Waals surface area contributed by atoms with E-state index in [2.05, 4.69) is 36.2 Å². The highest BCUT2D eigenvalue weighted by molar-refractivity contribution is 7.02. The molecule has 0 aromatic heterocycles. The molecule has 2 aromatic rings. The van der Waals surface area contributed by atoms with Gasteiger partial charge in [0.1, 0.15) is 21.2 Å². The highest BCUT2D eigenvalue weighted by Gasteiger charge is 2.38. The van der Waals surface area contributed by atoms with Crippen molar-refractivity contribution in [3.05, 3.63) is 46.6 Å². The van der Waals surface area contributed by atoms with Crippen molar-refractivity contribution in [2.45, 2.75) is 45.2 Å². The number of carboxylic acids is 1. The molecule has 146 valence electrons. The summed E-state index contributed by atoms with van der Waals surface area (Å²) in [5.41, 5.74) is 9.28. The summed E-state index contributed by atoms with van der Waals surface area (Å²) in [5.74, 6) is -0.728. The maximum Gasteiger partial charge on any atom is 0.303 e. The molecule has 0 fully saturated rings. The molecule has 4 rings (SSSR count). The monoisotopic (exact) mass is 394 g/mol. The van der Waals surface area contributed by atoms with E-state index in [1.165, 1.54) is 27.7 Å². The first-order chi connectivity index (χ1) is 13.4. The fraction of sp³-hybridized carbons (Fsp3) is 0.409. The lowest BCUT2D eigenvalue weighted by Crippen LogP contribution is -2.64. The SMILES string of the molecule is CC[N+]1=c2cc3c(cc2CCC1)=Nc1ccc(N)cc1[Si]3(C)CCCC(=O)O. The van der Waals surface area contributed by atoms with Crippen molar-refractivity contribution in [2.75, 3.05) is 18.8 Å². The summed E-state index contributed by atoms with van der Waals surface area (Å²) in [7, 11) is -2.14. The number of nitrogen functional groups attached to an aromatic ring is 1. The van der Waals surface area contributed by atoms with Crippen molar-refractivity contribution < 1.29 is 9.90 Å². The van der Waals surface area contributed by atoms with Gasteiger partial charge in [0.2, 0.25) is 5.36 Å². The number of carboxylic acid groups (broad SMARTS) is 1. The van der Waals surface area contributed by atoms with E-state index in [0.29, 0.717) is 6.42 Å². The van der Waals surface area contributed by atoms with Gasteiger partial charge in [-0.1, -0.05) is 6.55 Å². The minimum absolute atomic E-state index is 0.207. The van der Waals surface area contributed by atoms with Crippen molar-refractivity contribution in [3.63, 3.8) is 0 Å². The van der Waals surface area contributed by atoms with Crippen LogP contribution in [0.1, 0.15) is 31.7 Å². The largest absolute Gasteiger partial charge is 0.481 e. The molecule has 6 heteroatoms. The van der Waals surface area contributed by atoms with Gasteiger partial charge in [0.05, 0.1) is 11.0 Å². The van der Waals surface area contributed by atoms with Gasteiger partial charge in [-0.3, -0.25) is 4.79 Å². The summed E-state index contributed by atoms with van der Waals surface area (Å²) in [4.78, 5) is 16.1. The summed E-state index contributed by atoms with van der Waals surface area (Å²) in [6.07, 6.45) is 3.17. The number of fused-ring (bicyclic) bond motifs is 3. The number of hydrogen-bond acceptors (Lipinski definition) is 3. The first-order valence-corrected chi connectivity index (χ1v) is 12.9. The highest BCUT2D eigenvalue weighted by Crippen LogP contribution is 2.24. The number of rotatable bonds is 5. The molecule has 1 atom stereocenters. The molecule has 0 saturated carbocycles. The summed E-state index contributed by atoms with van der Waals surface area (Å²) >= 11 is 0. The number of nitrogens with two attached hydrogens (primary N) is 1. The average molecular weight is 395 g/mol. The van der Waals surface area contributed by atoms with Crippen LogP contribution in [0.2, 0.25) is 12.6 Å². The molecule has 0 radical (unpaired) electrons. The molecule has 0 aliphatic carbocycles. The second-order valence-corrected chi connectivity index (χ2v) is 12.4. The van der Waals surface area contributed by atoms with E-state index in [9.17, 15) is 4.79 Å². The third kappa shape index (κ3) is 3.15. The third-order valence-electron chi connectivity index (χ3n) is 6.31. The number of aliphatic carboxylic acids is 1. The standard InChI is InChI=1S/C22H27N3O2Si/c1-3-25-10-4-6-15-12-18-21(14-19(15)25)28(2,11-5-7-22(26)27)20-13-16(23)8-9-17(20)24-18/h8-9,12-14,23H,3-7,10-11H2,1-2H3,(H,26,27)/p+1. The van der Waals surface area contributed by atoms with Gasteiger partial charge in [-0.15, -0.1) is 0 Å². The zero-order chi connectivity index (χ0) is 19.9. The summed E-state index contributed by atoms with van der Waals surface area (Å²) in [6.45, 7) is 6.66. The van der Waals surface area contributed by atoms with E-state index in [1.807, 2.05) is 12.1 Å². The molecule has 5 nitrogen and oxygen atoms in total. The topological polar surface area (TPSA) is 78.7 Å². The lowest BCUT2D eigenvalue weighted by atomic mass is 10.0. The minimum atomic E-state index is -2.14. The van der Waals surface area contributed by atoms with Crippen LogP contribution in [0, 0.1) is 0 Å². The second kappa shape index (κ2) is 7.17. The van der Waals surface area contributed by atoms with Gasteiger partial charge in [0.15, 0.2) is 0 Å². The Kier molecular flexibility index (Phi) is 4.83. The summed E-state index contributed by atoms with van der Waals surface area (Å²) in [6, 6.07) is 11.6. The molecule has 0 bridgehead atoms. The average Bonchev–Trinajstić information content (AvgIpc) is 2.67. The van der Waals surface area contributed by atoms with Crippen LogP contribution in [0.3, 0.4) is 0 Å². The predicted octanol–water partition coefficient (Wildman–Crippen LogP) is 1.05. The number of benzene rings is 2. The zero-order valence-corrected chi connectivity index (χ0v) is 17.7. The van der Waals surface area contributed by atoms with Gasteiger partial charge in [0, 0.05) is 30.2 Å². The lowest BCUT2D eigenvalue weighted by molar-refractivity contribution is -0.137. The van der Waals surface area contributed by atoms with Crippen molar-refractivity contribution in [1.82, 2.24) is 4.58 Å². The summed E-state index contributed by atoms with van der Waals surface area (Å²) < 4.78 is 2.46. The molecule has 2 aliphatic rings. The van der Waals surface area contributed by atoms with Crippen LogP contribution in [-0.2, 0) is 11.2 Å². The first kappa shape index (κ1) is 18.9. The number of nitrogens with zero attached hydrogens (tertiary/aromatic N) is 2. The molecule has 2 aromatic carbocycles. The van der Waals surface area contributed by atoms with E-state index in [0.717, 1.165) is 42.3 Å². The Bertz CT molecular complexity index is 1080. The third-order valence-corrected chi connectivity index (χ3v) is 10.8. The predicted molar refractivity (Wildman–Crippen MR) is 115 cm³/mol. The molecule has 0 amide bonds. The number of aryl methyl sites for hydroxylation is 1. The van der Waals surface area contributed by atoms with Gasteiger partial charge < -0.3 is 10.8 Å². The van der Waals surface area contributed by atoms with Crippen LogP contribution in [0.4, 0.5) is 11.4 Å². The Morgan fingerprint density at radius 2 is 2.11 bits per heavy atom. The Hall–Kier alpha value is -2.47. The molecular formula is C22H28N3O2Si+. The maximum absolute atomic E-state index is 11.1. The fourth-order valence-corrected chi connectivity index (χ4v) is 8.84. The molecule has 2 aliphatic heterocycles. The van der Waals surface area contributed by atoms with E-state index < -0.39 is 14.0 Å². The molecule has 3 N–H and O–H groups in total. The van der Waals surface area contributed by atoms with Crippen molar-refractivity contribution in [1.29, 1.82) is 0 Å². The molecule has 0 saturated heterocycles. The van der Waals surface area contributed by atoms with Gasteiger partial charge in [-0.05, 0) is 60.4 Å². The van der Waals surface area contributed by atoms with Crippen LogP contribution in [0.25, 0.3) is 0 Å². The Balaban J connectivity index is 1.96. The Morgan fingerprint density at radius 1 is 1.29 bits per heavy atom. The minimum Gasteiger partial charge on any atom is -0.481 e. The molecule has 1 unspecified atom stereocenters. The lowest BCUT2D eigenvalue weighted by Gasteiger charge is -2.33. The highest BCUT2D eigenvalue weighted by atomic mass is 28.3. The quantitative estimate of drug-likeness (QED) is 0.452. The van der Waals surface area contributed by atoms with E-state index >= 15 is 0 Å². The van der Waals surface area contributed by atoms with Gasteiger partial charge in [-0.2, -0.15) is 0 Å². The number of carbonyl (C=O) groups is 1. The zero-order valence-electron chi connectivity index (χ0n) is 16.7. The van der Waals surface area contributed by atoms with Crippen LogP contribution in [0.15, 0.2) is 35.3 Å². The molecule has 28 heavy (non-hydrogen) atoms. The first-order valence-electron chi connectivity index (χ1n) is 10.2. The molecule has 2 heterocycles. The van der Waals surface area contributed by atoms with E-state index in [-0.39, 0.29) is 6.42 Å². The van der Waals surface area contributed by atoms with Crippen molar-refractivity contribution in [3.8, 4) is 0 Å². The maximum atomic E-state index is 11.1. The molecular weight excluding hydrogens is 366 g/mol.